The summed E-state index contributed by atoms with van der Waals surface area (Å²) in [6.45, 7) is 2.17. The Balaban J connectivity index is 2.54. The zero-order valence-corrected chi connectivity index (χ0v) is 10.3. The minimum absolute atomic E-state index is 0.502. The van der Waals surface area contributed by atoms with Crippen LogP contribution in [0.3, 0.4) is 0 Å². The van der Waals surface area contributed by atoms with Crippen molar-refractivity contribution < 1.29 is 8.42 Å². The Bertz CT molecular complexity index is 412. The van der Waals surface area contributed by atoms with Crippen LogP contribution in [0.1, 0.15) is 31.7 Å². The van der Waals surface area contributed by atoms with Gasteiger partial charge in [-0.2, -0.15) is 8.42 Å². The lowest BCUT2D eigenvalue weighted by Gasteiger charge is -2.05. The number of nitrogens with two attached hydrogens (primary N) is 1. The SMILES string of the molecule is CCCCCc1ccc(NS(N)(=O)=O)cc1. The first kappa shape index (κ1) is 13.0. The van der Waals surface area contributed by atoms with E-state index in [1.54, 1.807) is 12.1 Å². The third-order valence-electron chi connectivity index (χ3n) is 2.28. The second-order valence-electron chi connectivity index (χ2n) is 3.80. The molecule has 4 nitrogen and oxygen atoms in total. The van der Waals surface area contributed by atoms with Gasteiger partial charge in [-0.3, -0.25) is 4.72 Å². The molecule has 0 atom stereocenters. The quantitative estimate of drug-likeness (QED) is 0.749. The average molecular weight is 242 g/mol. The molecular formula is C11H18N2O2S. The van der Waals surface area contributed by atoms with E-state index in [-0.39, 0.29) is 0 Å². The van der Waals surface area contributed by atoms with Crippen molar-refractivity contribution in [3.05, 3.63) is 29.8 Å². The van der Waals surface area contributed by atoms with Crippen LogP contribution < -0.4 is 9.86 Å². The largest absolute Gasteiger partial charge is 0.296 e. The lowest BCUT2D eigenvalue weighted by atomic mass is 10.1. The van der Waals surface area contributed by atoms with Gasteiger partial charge in [-0.25, -0.2) is 5.14 Å². The third-order valence-corrected chi connectivity index (χ3v) is 2.80. The standard InChI is InChI=1S/C11H18N2O2S/c1-2-3-4-5-10-6-8-11(9-7-10)13-16(12,14)15/h6-9,13H,2-5H2,1H3,(H2,12,14,15). The molecule has 0 fully saturated rings. The van der Waals surface area contributed by atoms with Crippen molar-refractivity contribution in [2.24, 2.45) is 5.14 Å². The van der Waals surface area contributed by atoms with E-state index in [0.29, 0.717) is 5.69 Å². The molecule has 0 aliphatic heterocycles. The maximum absolute atomic E-state index is 10.8. The summed E-state index contributed by atoms with van der Waals surface area (Å²) in [6, 6.07) is 7.30. The van der Waals surface area contributed by atoms with Gasteiger partial charge in [0.2, 0.25) is 0 Å². The van der Waals surface area contributed by atoms with Crippen molar-refractivity contribution in [1.82, 2.24) is 0 Å². The van der Waals surface area contributed by atoms with Gasteiger partial charge in [0.1, 0.15) is 0 Å². The van der Waals surface area contributed by atoms with Crippen LogP contribution >= 0.6 is 0 Å². The number of hydrogen-bond acceptors (Lipinski definition) is 2. The summed E-state index contributed by atoms with van der Waals surface area (Å²) < 4.78 is 23.8. The predicted molar refractivity (Wildman–Crippen MR) is 66.4 cm³/mol. The van der Waals surface area contributed by atoms with E-state index >= 15 is 0 Å². The highest BCUT2D eigenvalue weighted by molar-refractivity contribution is 7.90. The molecule has 90 valence electrons. The topological polar surface area (TPSA) is 72.2 Å². The van der Waals surface area contributed by atoms with Crippen LogP contribution in [-0.4, -0.2) is 8.42 Å². The molecule has 0 saturated carbocycles. The summed E-state index contributed by atoms with van der Waals surface area (Å²) in [5.41, 5.74) is 1.72. The van der Waals surface area contributed by atoms with Crippen molar-refractivity contribution in [3.63, 3.8) is 0 Å². The summed E-state index contributed by atoms with van der Waals surface area (Å²) in [5, 5.41) is 4.86. The fourth-order valence-corrected chi connectivity index (χ4v) is 1.95. The molecule has 1 aromatic rings. The number of nitrogens with one attached hydrogen (secondary N) is 1. The van der Waals surface area contributed by atoms with Crippen LogP contribution in [0, 0.1) is 0 Å². The van der Waals surface area contributed by atoms with Gasteiger partial charge in [-0.1, -0.05) is 31.9 Å². The summed E-state index contributed by atoms with van der Waals surface area (Å²) in [4.78, 5) is 0. The maximum atomic E-state index is 10.8. The number of benzene rings is 1. The van der Waals surface area contributed by atoms with E-state index in [1.165, 1.54) is 24.8 Å². The van der Waals surface area contributed by atoms with Gasteiger partial charge in [0.15, 0.2) is 0 Å². The molecular weight excluding hydrogens is 224 g/mol. The molecule has 0 aliphatic rings. The molecule has 0 heterocycles. The van der Waals surface area contributed by atoms with Crippen molar-refractivity contribution in [1.29, 1.82) is 0 Å². The van der Waals surface area contributed by atoms with E-state index < -0.39 is 10.2 Å². The van der Waals surface area contributed by atoms with Crippen LogP contribution in [0.15, 0.2) is 24.3 Å². The Labute approximate surface area is 97.0 Å². The Hall–Kier alpha value is -1.07. The average Bonchev–Trinajstić information content (AvgIpc) is 2.19. The second kappa shape index (κ2) is 5.86. The van der Waals surface area contributed by atoms with Gasteiger partial charge in [0.25, 0.3) is 10.2 Å². The van der Waals surface area contributed by atoms with Crippen LogP contribution in [0.25, 0.3) is 0 Å². The molecule has 0 amide bonds. The van der Waals surface area contributed by atoms with Crippen molar-refractivity contribution in [3.8, 4) is 0 Å². The van der Waals surface area contributed by atoms with Gasteiger partial charge < -0.3 is 0 Å². The summed E-state index contributed by atoms with van der Waals surface area (Å²) in [5.74, 6) is 0. The zero-order chi connectivity index (χ0) is 12.0. The van der Waals surface area contributed by atoms with Crippen molar-refractivity contribution in [2.45, 2.75) is 32.6 Å². The van der Waals surface area contributed by atoms with Gasteiger partial charge in [0, 0.05) is 5.69 Å². The first-order chi connectivity index (χ1) is 7.51. The fraction of sp³-hybridized carbons (Fsp3) is 0.455. The maximum Gasteiger partial charge on any atom is 0.296 e. The molecule has 0 saturated heterocycles. The molecule has 5 heteroatoms. The highest BCUT2D eigenvalue weighted by Gasteiger charge is 2.01. The summed E-state index contributed by atoms with van der Waals surface area (Å²) in [7, 11) is -3.66. The lowest BCUT2D eigenvalue weighted by molar-refractivity contribution is 0.603. The number of rotatable bonds is 6. The first-order valence-electron chi connectivity index (χ1n) is 5.41. The molecule has 0 spiro atoms. The van der Waals surface area contributed by atoms with Gasteiger partial charge >= 0.3 is 0 Å². The van der Waals surface area contributed by atoms with E-state index in [1.807, 2.05) is 12.1 Å². The number of unbranched alkanes of at least 4 members (excludes halogenated alkanes) is 2. The van der Waals surface area contributed by atoms with Gasteiger partial charge in [-0.15, -0.1) is 0 Å². The minimum Gasteiger partial charge on any atom is -0.271 e. The summed E-state index contributed by atoms with van der Waals surface area (Å²) in [6.07, 6.45) is 4.62. The van der Waals surface area contributed by atoms with Crippen LogP contribution in [0.4, 0.5) is 5.69 Å². The van der Waals surface area contributed by atoms with Crippen LogP contribution in [0.5, 0.6) is 0 Å². The molecule has 3 N–H and O–H groups in total. The highest BCUT2D eigenvalue weighted by atomic mass is 32.2. The number of aryl methyl sites for hydroxylation is 1. The fourth-order valence-electron chi connectivity index (χ4n) is 1.48. The summed E-state index contributed by atoms with van der Waals surface area (Å²) >= 11 is 0. The normalized spacial score (nSPS) is 11.4. The smallest absolute Gasteiger partial charge is 0.271 e. The van der Waals surface area contributed by atoms with Crippen molar-refractivity contribution in [2.75, 3.05) is 4.72 Å². The first-order valence-corrected chi connectivity index (χ1v) is 6.95. The molecule has 1 aromatic carbocycles. The Morgan fingerprint density at radius 3 is 2.31 bits per heavy atom. The third kappa shape index (κ3) is 5.14. The minimum atomic E-state index is -3.66. The monoisotopic (exact) mass is 242 g/mol. The molecule has 0 unspecified atom stereocenters. The van der Waals surface area contributed by atoms with Crippen LogP contribution in [0.2, 0.25) is 0 Å². The highest BCUT2D eigenvalue weighted by Crippen LogP contribution is 2.12. The molecule has 16 heavy (non-hydrogen) atoms. The zero-order valence-electron chi connectivity index (χ0n) is 9.44. The Kier molecular flexibility index (Phi) is 4.76. The molecule has 0 aromatic heterocycles. The molecule has 0 radical (unpaired) electrons. The van der Waals surface area contributed by atoms with Crippen LogP contribution in [-0.2, 0) is 16.6 Å². The molecule has 0 aliphatic carbocycles. The predicted octanol–water partition coefficient (Wildman–Crippen LogP) is 2.03. The van der Waals surface area contributed by atoms with E-state index in [0.717, 1.165) is 6.42 Å². The lowest BCUT2D eigenvalue weighted by Crippen LogP contribution is -2.21. The Morgan fingerprint density at radius 1 is 1.19 bits per heavy atom. The molecule has 1 rings (SSSR count). The van der Waals surface area contributed by atoms with E-state index in [2.05, 4.69) is 11.6 Å². The van der Waals surface area contributed by atoms with Gasteiger partial charge in [-0.05, 0) is 30.5 Å². The Morgan fingerprint density at radius 2 is 1.81 bits per heavy atom. The number of anilines is 1. The van der Waals surface area contributed by atoms with Crippen molar-refractivity contribution >= 4 is 15.9 Å². The molecule has 0 bridgehead atoms. The van der Waals surface area contributed by atoms with E-state index in [9.17, 15) is 8.42 Å². The second-order valence-corrected chi connectivity index (χ2v) is 5.10. The number of hydrogen-bond donors (Lipinski definition) is 2. The van der Waals surface area contributed by atoms with Gasteiger partial charge in [0.05, 0.1) is 0 Å². The van der Waals surface area contributed by atoms with E-state index in [4.69, 9.17) is 5.14 Å².